The number of nitrogens with zero attached hydrogens (tertiary/aromatic N) is 3. The third-order valence-electron chi connectivity index (χ3n) is 3.01. The topological polar surface area (TPSA) is 84.3 Å². The number of carbonyl (C=O) groups is 2. The van der Waals surface area contributed by atoms with Gasteiger partial charge in [0, 0.05) is 39.7 Å². The number of hydrogen-bond acceptors (Lipinski definition) is 4. The molecule has 0 bridgehead atoms. The molecule has 7 heteroatoms. The van der Waals surface area contributed by atoms with Crippen LogP contribution in [0.5, 0.6) is 0 Å². The molecule has 1 N–H and O–H groups in total. The summed E-state index contributed by atoms with van der Waals surface area (Å²) in [6.45, 7) is 0. The molecule has 0 aliphatic carbocycles. The smallest absolute Gasteiger partial charge is 0.274 e. The van der Waals surface area contributed by atoms with Crippen molar-refractivity contribution < 1.29 is 9.59 Å². The second-order valence-electron chi connectivity index (χ2n) is 4.95. The van der Waals surface area contributed by atoms with Gasteiger partial charge in [-0.05, 0) is 18.2 Å². The minimum absolute atomic E-state index is 0.0454. The van der Waals surface area contributed by atoms with E-state index in [0.717, 1.165) is 0 Å². The second-order valence-corrected chi connectivity index (χ2v) is 4.95. The molecule has 0 aliphatic heterocycles. The fourth-order valence-corrected chi connectivity index (χ4v) is 1.87. The van der Waals surface area contributed by atoms with E-state index in [2.05, 4.69) is 10.3 Å². The van der Waals surface area contributed by atoms with Crippen molar-refractivity contribution in [2.45, 2.75) is 0 Å². The minimum atomic E-state index is -0.459. The van der Waals surface area contributed by atoms with Gasteiger partial charge in [-0.3, -0.25) is 19.4 Å². The van der Waals surface area contributed by atoms with Crippen molar-refractivity contribution in [1.29, 1.82) is 0 Å². The van der Waals surface area contributed by atoms with Gasteiger partial charge in [0.15, 0.2) is 0 Å². The van der Waals surface area contributed by atoms with Gasteiger partial charge in [0.2, 0.25) is 0 Å². The molecular formula is C15H16N4O3. The maximum atomic E-state index is 12.1. The Hall–Kier alpha value is -2.96. The highest BCUT2D eigenvalue weighted by atomic mass is 16.2. The van der Waals surface area contributed by atoms with Crippen LogP contribution in [0.3, 0.4) is 0 Å². The molecular weight excluding hydrogens is 284 g/mol. The van der Waals surface area contributed by atoms with E-state index < -0.39 is 11.5 Å². The Morgan fingerprint density at radius 3 is 2.59 bits per heavy atom. The van der Waals surface area contributed by atoms with Crippen LogP contribution in [0.15, 0.2) is 41.6 Å². The number of nitrogens with one attached hydrogen (secondary N) is 1. The number of hydrogen-bond donors (Lipinski definition) is 1. The Morgan fingerprint density at radius 2 is 2.00 bits per heavy atom. The van der Waals surface area contributed by atoms with Crippen LogP contribution in [0.25, 0.3) is 0 Å². The van der Waals surface area contributed by atoms with E-state index in [4.69, 9.17) is 0 Å². The molecule has 0 fully saturated rings. The molecule has 0 aromatic carbocycles. The van der Waals surface area contributed by atoms with E-state index in [1.165, 1.54) is 35.0 Å². The maximum Gasteiger partial charge on any atom is 0.274 e. The molecule has 0 radical (unpaired) electrons. The molecule has 0 unspecified atom stereocenters. The van der Waals surface area contributed by atoms with Crippen LogP contribution in [0.1, 0.15) is 20.7 Å². The van der Waals surface area contributed by atoms with Crippen molar-refractivity contribution in [2.24, 2.45) is 7.05 Å². The van der Waals surface area contributed by atoms with Gasteiger partial charge in [-0.25, -0.2) is 0 Å². The van der Waals surface area contributed by atoms with Crippen molar-refractivity contribution >= 4 is 17.5 Å². The van der Waals surface area contributed by atoms with Crippen LogP contribution in [0.2, 0.25) is 0 Å². The van der Waals surface area contributed by atoms with Crippen molar-refractivity contribution in [3.8, 4) is 0 Å². The Kier molecular flexibility index (Phi) is 4.36. The number of aromatic nitrogens is 2. The van der Waals surface area contributed by atoms with Crippen molar-refractivity contribution in [3.63, 3.8) is 0 Å². The molecule has 22 heavy (non-hydrogen) atoms. The minimum Gasteiger partial charge on any atom is -0.345 e. The third kappa shape index (κ3) is 3.20. The predicted molar refractivity (Wildman–Crippen MR) is 81.9 cm³/mol. The first kappa shape index (κ1) is 15.4. The monoisotopic (exact) mass is 300 g/mol. The SMILES string of the molecule is CN(C)C(=O)c1cc(NC(=O)c2cccnc2)c(=O)n(C)c1. The zero-order chi connectivity index (χ0) is 16.3. The fourth-order valence-electron chi connectivity index (χ4n) is 1.87. The largest absolute Gasteiger partial charge is 0.345 e. The van der Waals surface area contributed by atoms with Gasteiger partial charge in [0.25, 0.3) is 17.4 Å². The van der Waals surface area contributed by atoms with Gasteiger partial charge in [0.05, 0.1) is 11.1 Å². The van der Waals surface area contributed by atoms with Crippen molar-refractivity contribution in [2.75, 3.05) is 19.4 Å². The van der Waals surface area contributed by atoms with Gasteiger partial charge in [-0.2, -0.15) is 0 Å². The van der Waals surface area contributed by atoms with Gasteiger partial charge in [0.1, 0.15) is 5.69 Å². The molecule has 0 spiro atoms. The molecule has 2 aromatic heterocycles. The molecule has 0 atom stereocenters. The summed E-state index contributed by atoms with van der Waals surface area (Å²) in [6.07, 6.45) is 4.38. The predicted octanol–water partition coefficient (Wildman–Crippen LogP) is 0.734. The average Bonchev–Trinajstić information content (AvgIpc) is 2.51. The molecule has 114 valence electrons. The van der Waals surface area contributed by atoms with E-state index in [1.54, 1.807) is 32.4 Å². The first-order valence-electron chi connectivity index (χ1n) is 6.54. The van der Waals surface area contributed by atoms with Gasteiger partial charge in [-0.15, -0.1) is 0 Å². The summed E-state index contributed by atoms with van der Waals surface area (Å²) in [5, 5.41) is 2.52. The maximum absolute atomic E-state index is 12.1. The quantitative estimate of drug-likeness (QED) is 0.906. The molecule has 7 nitrogen and oxygen atoms in total. The van der Waals surface area contributed by atoms with Crippen LogP contribution in [-0.4, -0.2) is 40.4 Å². The number of amides is 2. The number of pyridine rings is 2. The van der Waals surface area contributed by atoms with Gasteiger partial charge < -0.3 is 14.8 Å². The van der Waals surface area contributed by atoms with E-state index in [1.807, 2.05) is 0 Å². The Balaban J connectivity index is 2.37. The van der Waals surface area contributed by atoms with E-state index in [-0.39, 0.29) is 11.6 Å². The molecule has 2 rings (SSSR count). The zero-order valence-corrected chi connectivity index (χ0v) is 12.5. The van der Waals surface area contributed by atoms with Crippen LogP contribution < -0.4 is 10.9 Å². The molecule has 0 aliphatic rings. The lowest BCUT2D eigenvalue weighted by atomic mass is 10.2. The summed E-state index contributed by atoms with van der Waals surface area (Å²) >= 11 is 0. The van der Waals surface area contributed by atoms with E-state index >= 15 is 0 Å². The highest BCUT2D eigenvalue weighted by Gasteiger charge is 2.15. The lowest BCUT2D eigenvalue weighted by molar-refractivity contribution is 0.0826. The standard InChI is InChI=1S/C15H16N4O3/c1-18(2)14(21)11-7-12(15(22)19(3)9-11)17-13(20)10-5-4-6-16-8-10/h4-9H,1-3H3,(H,17,20). The fraction of sp³-hybridized carbons (Fsp3) is 0.200. The van der Waals surface area contributed by atoms with Crippen LogP contribution in [0, 0.1) is 0 Å². The molecule has 0 saturated heterocycles. The average molecular weight is 300 g/mol. The first-order chi connectivity index (χ1) is 10.4. The first-order valence-corrected chi connectivity index (χ1v) is 6.54. The summed E-state index contributed by atoms with van der Waals surface area (Å²) in [7, 11) is 4.75. The van der Waals surface area contributed by atoms with Gasteiger partial charge >= 0.3 is 0 Å². The van der Waals surface area contributed by atoms with Crippen molar-refractivity contribution in [1.82, 2.24) is 14.5 Å². The van der Waals surface area contributed by atoms with Crippen molar-refractivity contribution in [3.05, 3.63) is 58.3 Å². The number of anilines is 1. The third-order valence-corrected chi connectivity index (χ3v) is 3.01. The highest BCUT2D eigenvalue weighted by Crippen LogP contribution is 2.09. The Labute approximate surface area is 127 Å². The highest BCUT2D eigenvalue weighted by molar-refractivity contribution is 6.04. The van der Waals surface area contributed by atoms with Crippen LogP contribution in [0.4, 0.5) is 5.69 Å². The molecule has 2 heterocycles. The van der Waals surface area contributed by atoms with Gasteiger partial charge in [-0.1, -0.05) is 0 Å². The lowest BCUT2D eigenvalue weighted by Gasteiger charge is -2.13. The Bertz CT molecular complexity index is 766. The lowest BCUT2D eigenvalue weighted by Crippen LogP contribution is -2.28. The summed E-state index contributed by atoms with van der Waals surface area (Å²) < 4.78 is 1.26. The second kappa shape index (κ2) is 6.21. The summed E-state index contributed by atoms with van der Waals surface area (Å²) in [4.78, 5) is 41.4. The van der Waals surface area contributed by atoms with E-state index in [0.29, 0.717) is 11.1 Å². The number of carbonyl (C=O) groups excluding carboxylic acids is 2. The Morgan fingerprint density at radius 1 is 1.27 bits per heavy atom. The number of rotatable bonds is 3. The molecule has 0 saturated carbocycles. The van der Waals surface area contributed by atoms with E-state index in [9.17, 15) is 14.4 Å². The normalized spacial score (nSPS) is 10.1. The summed E-state index contributed by atoms with van der Waals surface area (Å²) in [6, 6.07) is 4.58. The van der Waals surface area contributed by atoms with Crippen LogP contribution in [-0.2, 0) is 7.05 Å². The number of aryl methyl sites for hydroxylation is 1. The summed E-state index contributed by atoms with van der Waals surface area (Å²) in [5.41, 5.74) is 0.291. The summed E-state index contributed by atoms with van der Waals surface area (Å²) in [5.74, 6) is -0.716. The van der Waals surface area contributed by atoms with Crippen LogP contribution >= 0.6 is 0 Å². The molecule has 2 amide bonds. The zero-order valence-electron chi connectivity index (χ0n) is 12.5. The molecule has 2 aromatic rings.